The average molecular weight is 297 g/mol. The number of methoxy groups -OCH3 is 1. The van der Waals surface area contributed by atoms with Crippen LogP contribution in [0.1, 0.15) is 38.5 Å². The van der Waals surface area contributed by atoms with Gasteiger partial charge in [0, 0.05) is 25.6 Å². The van der Waals surface area contributed by atoms with Gasteiger partial charge in [0.05, 0.1) is 7.11 Å². The number of carbonyl (C=O) groups excluding carboxylic acids is 2. The van der Waals surface area contributed by atoms with Gasteiger partial charge in [-0.3, -0.25) is 4.79 Å². The molecule has 2 atom stereocenters. The van der Waals surface area contributed by atoms with Crippen LogP contribution in [0, 0.1) is 11.8 Å². The molecule has 0 spiro atoms. The number of nitrogens with two attached hydrogens (primary N) is 1. The van der Waals surface area contributed by atoms with Crippen LogP contribution < -0.4 is 11.1 Å². The predicted molar refractivity (Wildman–Crippen MR) is 79.6 cm³/mol. The van der Waals surface area contributed by atoms with Crippen LogP contribution in [-0.2, 0) is 9.53 Å². The van der Waals surface area contributed by atoms with E-state index in [0.717, 1.165) is 25.3 Å². The minimum absolute atomic E-state index is 0.190. The van der Waals surface area contributed by atoms with E-state index in [1.165, 1.54) is 26.4 Å². The van der Waals surface area contributed by atoms with E-state index >= 15 is 0 Å². The Morgan fingerprint density at radius 3 is 2.62 bits per heavy atom. The van der Waals surface area contributed by atoms with Crippen molar-refractivity contribution in [3.05, 3.63) is 0 Å². The van der Waals surface area contributed by atoms with Gasteiger partial charge in [-0.1, -0.05) is 6.42 Å². The van der Waals surface area contributed by atoms with Crippen molar-refractivity contribution >= 4 is 12.0 Å². The third-order valence-corrected chi connectivity index (χ3v) is 4.75. The van der Waals surface area contributed by atoms with Crippen LogP contribution in [0.3, 0.4) is 0 Å². The summed E-state index contributed by atoms with van der Waals surface area (Å²) >= 11 is 0. The molecule has 1 aliphatic carbocycles. The van der Waals surface area contributed by atoms with E-state index in [2.05, 4.69) is 10.1 Å². The highest BCUT2D eigenvalue weighted by Gasteiger charge is 2.30. The topological polar surface area (TPSA) is 84.7 Å². The van der Waals surface area contributed by atoms with E-state index in [9.17, 15) is 9.59 Å². The van der Waals surface area contributed by atoms with Crippen molar-refractivity contribution in [1.82, 2.24) is 10.2 Å². The van der Waals surface area contributed by atoms with Crippen LogP contribution in [0.5, 0.6) is 0 Å². The summed E-state index contributed by atoms with van der Waals surface area (Å²) in [6, 6.07) is -0.0808. The lowest BCUT2D eigenvalue weighted by atomic mass is 9.84. The number of urea groups is 1. The van der Waals surface area contributed by atoms with Crippen molar-refractivity contribution in [2.75, 3.05) is 26.7 Å². The molecule has 2 unspecified atom stereocenters. The average Bonchev–Trinajstić information content (AvgIpc) is 2.42. The Morgan fingerprint density at radius 2 is 2.05 bits per heavy atom. The maximum Gasteiger partial charge on any atom is 0.314 e. The molecule has 6 heteroatoms. The number of carbonyl (C=O) groups is 2. The molecule has 2 rings (SSSR count). The standard InChI is InChI=1S/C15H27N3O3/c1-21-14(19)6-5-12-7-13(10-18(9-12)15(16)20)17-8-11-3-2-4-11/h11-13,17H,2-10H2,1H3,(H2,16,20). The molecule has 1 heterocycles. The Hall–Kier alpha value is -1.30. The molecule has 0 aromatic heterocycles. The second kappa shape index (κ2) is 7.64. The lowest BCUT2D eigenvalue weighted by Crippen LogP contribution is -2.53. The summed E-state index contributed by atoms with van der Waals surface area (Å²) in [5.74, 6) is 0.914. The molecule has 0 radical (unpaired) electrons. The summed E-state index contributed by atoms with van der Waals surface area (Å²) in [6.07, 6.45) is 6.11. The second-order valence-electron chi connectivity index (χ2n) is 6.36. The van der Waals surface area contributed by atoms with Crippen molar-refractivity contribution in [3.63, 3.8) is 0 Å². The van der Waals surface area contributed by atoms with Gasteiger partial charge in [0.2, 0.25) is 0 Å². The number of nitrogens with zero attached hydrogens (tertiary/aromatic N) is 1. The summed E-state index contributed by atoms with van der Waals surface area (Å²) < 4.78 is 4.68. The van der Waals surface area contributed by atoms with E-state index < -0.39 is 0 Å². The molecule has 1 aliphatic heterocycles. The van der Waals surface area contributed by atoms with Crippen LogP contribution >= 0.6 is 0 Å². The highest BCUT2D eigenvalue weighted by molar-refractivity contribution is 5.72. The third-order valence-electron chi connectivity index (χ3n) is 4.75. The van der Waals surface area contributed by atoms with Gasteiger partial charge in [-0.15, -0.1) is 0 Å². The minimum Gasteiger partial charge on any atom is -0.469 e. The Morgan fingerprint density at radius 1 is 1.29 bits per heavy atom. The molecule has 2 amide bonds. The van der Waals surface area contributed by atoms with Gasteiger partial charge in [-0.25, -0.2) is 4.79 Å². The molecule has 6 nitrogen and oxygen atoms in total. The van der Waals surface area contributed by atoms with Crippen molar-refractivity contribution in [2.45, 2.75) is 44.6 Å². The first-order valence-corrected chi connectivity index (χ1v) is 7.93. The van der Waals surface area contributed by atoms with Gasteiger partial charge < -0.3 is 20.7 Å². The number of hydrogen-bond donors (Lipinski definition) is 2. The van der Waals surface area contributed by atoms with Gasteiger partial charge in [-0.2, -0.15) is 0 Å². The zero-order valence-corrected chi connectivity index (χ0v) is 12.8. The minimum atomic E-state index is -0.367. The number of amides is 2. The van der Waals surface area contributed by atoms with Crippen LogP contribution in [0.2, 0.25) is 0 Å². The number of esters is 1. The SMILES string of the molecule is COC(=O)CCC1CC(NCC2CCC2)CN(C(N)=O)C1. The lowest BCUT2D eigenvalue weighted by molar-refractivity contribution is -0.141. The number of nitrogens with one attached hydrogen (secondary N) is 1. The lowest BCUT2D eigenvalue weighted by Gasteiger charge is -2.38. The quantitative estimate of drug-likeness (QED) is 0.719. The van der Waals surface area contributed by atoms with E-state index in [-0.39, 0.29) is 18.0 Å². The zero-order valence-electron chi connectivity index (χ0n) is 12.8. The predicted octanol–water partition coefficient (Wildman–Crippen LogP) is 1.10. The van der Waals surface area contributed by atoms with Gasteiger partial charge in [0.25, 0.3) is 0 Å². The zero-order chi connectivity index (χ0) is 15.2. The van der Waals surface area contributed by atoms with Gasteiger partial charge in [0.15, 0.2) is 0 Å². The summed E-state index contributed by atoms with van der Waals surface area (Å²) in [5, 5.41) is 3.57. The maximum atomic E-state index is 11.5. The van der Waals surface area contributed by atoms with Crippen LogP contribution in [0.4, 0.5) is 4.79 Å². The van der Waals surface area contributed by atoms with E-state index in [4.69, 9.17) is 5.73 Å². The fourth-order valence-corrected chi connectivity index (χ4v) is 3.19. The number of likely N-dealkylation sites (tertiary alicyclic amines) is 1. The Bertz CT molecular complexity index is 371. The molecule has 1 saturated carbocycles. The van der Waals surface area contributed by atoms with Crippen LogP contribution in [0.25, 0.3) is 0 Å². The molecule has 0 aromatic carbocycles. The van der Waals surface area contributed by atoms with Gasteiger partial charge >= 0.3 is 12.0 Å². The van der Waals surface area contributed by atoms with Crippen molar-refractivity contribution < 1.29 is 14.3 Å². The van der Waals surface area contributed by atoms with E-state index in [1.807, 2.05) is 0 Å². The summed E-state index contributed by atoms with van der Waals surface area (Å²) in [4.78, 5) is 24.4. The molecule has 2 fully saturated rings. The number of rotatable bonds is 6. The summed E-state index contributed by atoms with van der Waals surface area (Å²) in [5.41, 5.74) is 5.43. The molecule has 1 saturated heterocycles. The highest BCUT2D eigenvalue weighted by atomic mass is 16.5. The van der Waals surface area contributed by atoms with Crippen molar-refractivity contribution in [3.8, 4) is 0 Å². The smallest absolute Gasteiger partial charge is 0.314 e. The van der Waals surface area contributed by atoms with Gasteiger partial charge in [-0.05, 0) is 44.1 Å². The van der Waals surface area contributed by atoms with E-state index in [0.29, 0.717) is 25.4 Å². The van der Waals surface area contributed by atoms with Crippen molar-refractivity contribution in [2.24, 2.45) is 17.6 Å². The normalized spacial score (nSPS) is 26.2. The number of piperidine rings is 1. The number of hydrogen-bond acceptors (Lipinski definition) is 4. The maximum absolute atomic E-state index is 11.5. The number of ether oxygens (including phenoxy) is 1. The molecule has 0 bridgehead atoms. The monoisotopic (exact) mass is 297 g/mol. The molecular formula is C15H27N3O3. The fourth-order valence-electron chi connectivity index (χ4n) is 3.19. The number of primary amides is 1. The van der Waals surface area contributed by atoms with Crippen LogP contribution in [0.15, 0.2) is 0 Å². The molecule has 2 aliphatic rings. The summed E-state index contributed by atoms with van der Waals surface area (Å²) in [7, 11) is 1.40. The Labute approximate surface area is 126 Å². The second-order valence-corrected chi connectivity index (χ2v) is 6.36. The molecule has 3 N–H and O–H groups in total. The first-order chi connectivity index (χ1) is 10.1. The molecule has 21 heavy (non-hydrogen) atoms. The van der Waals surface area contributed by atoms with Crippen LogP contribution in [-0.4, -0.2) is 49.7 Å². The van der Waals surface area contributed by atoms with Crippen molar-refractivity contribution in [1.29, 1.82) is 0 Å². The van der Waals surface area contributed by atoms with Gasteiger partial charge in [0.1, 0.15) is 0 Å². The Balaban J connectivity index is 1.81. The fraction of sp³-hybridized carbons (Fsp3) is 0.867. The molecule has 0 aromatic rings. The highest BCUT2D eigenvalue weighted by Crippen LogP contribution is 2.26. The molecular weight excluding hydrogens is 270 g/mol. The third kappa shape index (κ3) is 4.88. The molecule has 120 valence electrons. The van der Waals surface area contributed by atoms with E-state index in [1.54, 1.807) is 4.90 Å². The summed E-state index contributed by atoms with van der Waals surface area (Å²) in [6.45, 7) is 2.35. The first-order valence-electron chi connectivity index (χ1n) is 7.93. The largest absolute Gasteiger partial charge is 0.469 e. The first kappa shape index (κ1) is 16.1. The Kier molecular flexibility index (Phi) is 5.85.